The van der Waals surface area contributed by atoms with E-state index in [2.05, 4.69) is 6.58 Å². The number of rotatable bonds is 6. The molecule has 1 N–H and O–H groups in total. The third-order valence-corrected chi connectivity index (χ3v) is 5.77. The molecule has 1 aliphatic rings. The third kappa shape index (κ3) is 3.12. The molecular formula is C26H21F3O2. The molecule has 0 unspecified atom stereocenters. The van der Waals surface area contributed by atoms with Gasteiger partial charge in [0, 0.05) is 0 Å². The Balaban J connectivity index is 1.93. The van der Waals surface area contributed by atoms with Crippen LogP contribution in [0.5, 0.6) is 0 Å². The lowest BCUT2D eigenvalue weighted by Gasteiger charge is -2.36. The number of hydrogen-bond acceptors (Lipinski definition) is 2. The summed E-state index contributed by atoms with van der Waals surface area (Å²) in [5.74, 6) is 0. The summed E-state index contributed by atoms with van der Waals surface area (Å²) in [6, 6.07) is 25.1. The van der Waals surface area contributed by atoms with E-state index in [-0.39, 0.29) is 11.1 Å². The first kappa shape index (κ1) is 21.1. The molecule has 1 saturated heterocycles. The zero-order valence-electron chi connectivity index (χ0n) is 16.6. The number of halogens is 3. The predicted octanol–water partition coefficient (Wildman–Crippen LogP) is 5.89. The van der Waals surface area contributed by atoms with Gasteiger partial charge in [0.2, 0.25) is 5.60 Å². The minimum absolute atomic E-state index is 0.278. The molecule has 0 aromatic heterocycles. The van der Waals surface area contributed by atoms with Crippen LogP contribution in [0.1, 0.15) is 16.7 Å². The van der Waals surface area contributed by atoms with Crippen LogP contribution >= 0.6 is 0 Å². The van der Waals surface area contributed by atoms with Gasteiger partial charge in [-0.15, -0.1) is 0 Å². The molecule has 2 nitrogen and oxygen atoms in total. The zero-order valence-corrected chi connectivity index (χ0v) is 16.6. The van der Waals surface area contributed by atoms with Gasteiger partial charge < -0.3 is 9.84 Å². The number of benzene rings is 3. The van der Waals surface area contributed by atoms with Gasteiger partial charge in [0.1, 0.15) is 0 Å². The highest BCUT2D eigenvalue weighted by atomic mass is 19.4. The Kier molecular flexibility index (Phi) is 5.12. The van der Waals surface area contributed by atoms with Gasteiger partial charge in [0.05, 0.1) is 0 Å². The number of ether oxygens (including phenoxy) is 1. The Morgan fingerprint density at radius 1 is 0.742 bits per heavy atom. The number of hydrogen-bond donors (Lipinski definition) is 1. The summed E-state index contributed by atoms with van der Waals surface area (Å²) in [6.07, 6.45) is -1.41. The fourth-order valence-corrected chi connectivity index (χ4v) is 4.16. The Bertz CT molecular complexity index is 1040. The van der Waals surface area contributed by atoms with E-state index in [0.717, 1.165) is 12.2 Å². The zero-order chi connectivity index (χ0) is 22.2. The van der Waals surface area contributed by atoms with Crippen LogP contribution in [0, 0.1) is 0 Å². The van der Waals surface area contributed by atoms with E-state index in [1.165, 1.54) is 6.08 Å². The van der Waals surface area contributed by atoms with Crippen molar-refractivity contribution >= 4 is 6.08 Å². The number of aliphatic hydroxyl groups is 1. The summed E-state index contributed by atoms with van der Waals surface area (Å²) < 4.78 is 49.0. The average Bonchev–Trinajstić information content (AvgIpc) is 3.50. The van der Waals surface area contributed by atoms with Crippen LogP contribution in [0.25, 0.3) is 6.08 Å². The quantitative estimate of drug-likeness (QED) is 0.397. The van der Waals surface area contributed by atoms with Gasteiger partial charge >= 0.3 is 6.18 Å². The fraction of sp³-hybridized carbons (Fsp3) is 0.154. The van der Waals surface area contributed by atoms with E-state index in [1.54, 1.807) is 91.0 Å². The maximum absolute atomic E-state index is 14.5. The molecular weight excluding hydrogens is 401 g/mol. The highest BCUT2D eigenvalue weighted by Gasteiger charge is 2.87. The van der Waals surface area contributed by atoms with Gasteiger partial charge in [-0.1, -0.05) is 110 Å². The van der Waals surface area contributed by atoms with Crippen LogP contribution < -0.4 is 0 Å². The molecule has 1 aliphatic heterocycles. The molecule has 0 radical (unpaired) electrons. The molecule has 0 bridgehead atoms. The normalized spacial score (nSPS) is 23.6. The molecule has 4 rings (SSSR count). The Morgan fingerprint density at radius 2 is 1.19 bits per heavy atom. The first-order valence-electron chi connectivity index (χ1n) is 9.79. The van der Waals surface area contributed by atoms with Crippen molar-refractivity contribution in [2.45, 2.75) is 23.0 Å². The van der Waals surface area contributed by atoms with E-state index >= 15 is 0 Å². The van der Waals surface area contributed by atoms with Gasteiger partial charge in [0.25, 0.3) is 0 Å². The first-order chi connectivity index (χ1) is 14.8. The molecule has 0 spiro atoms. The SMILES string of the molecule is C=C[C@]1(C(O)(c2ccccc2)c2ccccc2)O[C@@]1(/C=C/c1ccccc1)C(F)(F)F. The number of epoxide rings is 1. The van der Waals surface area contributed by atoms with Crippen molar-refractivity contribution in [3.05, 3.63) is 126 Å². The van der Waals surface area contributed by atoms with Crippen molar-refractivity contribution in [2.75, 3.05) is 0 Å². The van der Waals surface area contributed by atoms with Crippen LogP contribution in [0.2, 0.25) is 0 Å². The molecule has 5 heteroatoms. The maximum Gasteiger partial charge on any atom is 0.424 e. The van der Waals surface area contributed by atoms with Crippen LogP contribution in [0.4, 0.5) is 13.2 Å². The van der Waals surface area contributed by atoms with Crippen molar-refractivity contribution < 1.29 is 23.0 Å². The van der Waals surface area contributed by atoms with Crippen LogP contribution in [0.15, 0.2) is 110 Å². The molecule has 3 aromatic rings. The van der Waals surface area contributed by atoms with E-state index < -0.39 is 23.0 Å². The van der Waals surface area contributed by atoms with Crippen molar-refractivity contribution in [1.29, 1.82) is 0 Å². The summed E-state index contributed by atoms with van der Waals surface area (Å²) >= 11 is 0. The summed E-state index contributed by atoms with van der Waals surface area (Å²) in [4.78, 5) is 0. The van der Waals surface area contributed by atoms with Crippen LogP contribution in [-0.2, 0) is 10.3 Å². The Morgan fingerprint density at radius 3 is 1.61 bits per heavy atom. The summed E-state index contributed by atoms with van der Waals surface area (Å²) in [7, 11) is 0. The molecule has 1 fully saturated rings. The molecule has 31 heavy (non-hydrogen) atoms. The second-order valence-electron chi connectivity index (χ2n) is 7.46. The molecule has 3 aromatic carbocycles. The molecule has 2 atom stereocenters. The summed E-state index contributed by atoms with van der Waals surface area (Å²) in [6.45, 7) is 3.66. The minimum Gasteiger partial charge on any atom is -0.377 e. The molecule has 0 amide bonds. The highest BCUT2D eigenvalue weighted by molar-refractivity contribution is 5.58. The van der Waals surface area contributed by atoms with E-state index in [4.69, 9.17) is 4.74 Å². The third-order valence-electron chi connectivity index (χ3n) is 5.77. The lowest BCUT2D eigenvalue weighted by atomic mass is 9.69. The van der Waals surface area contributed by atoms with Crippen LogP contribution in [0.3, 0.4) is 0 Å². The molecule has 0 saturated carbocycles. The minimum atomic E-state index is -4.80. The monoisotopic (exact) mass is 422 g/mol. The van der Waals surface area contributed by atoms with E-state index in [9.17, 15) is 18.3 Å². The lowest BCUT2D eigenvalue weighted by Crippen LogP contribution is -2.51. The number of alkyl halides is 3. The second kappa shape index (κ2) is 7.52. The Hall–Kier alpha value is -3.15. The first-order valence-corrected chi connectivity index (χ1v) is 9.79. The van der Waals surface area contributed by atoms with Crippen molar-refractivity contribution in [1.82, 2.24) is 0 Å². The smallest absolute Gasteiger partial charge is 0.377 e. The van der Waals surface area contributed by atoms with Gasteiger partial charge in [-0.3, -0.25) is 0 Å². The predicted molar refractivity (Wildman–Crippen MR) is 114 cm³/mol. The maximum atomic E-state index is 14.5. The van der Waals surface area contributed by atoms with Crippen molar-refractivity contribution in [2.24, 2.45) is 0 Å². The lowest BCUT2D eigenvalue weighted by molar-refractivity contribution is -0.171. The van der Waals surface area contributed by atoms with Gasteiger partial charge in [-0.2, -0.15) is 13.2 Å². The van der Waals surface area contributed by atoms with Crippen LogP contribution in [-0.4, -0.2) is 22.5 Å². The molecule has 158 valence electrons. The topological polar surface area (TPSA) is 32.8 Å². The second-order valence-corrected chi connectivity index (χ2v) is 7.46. The summed E-state index contributed by atoms with van der Waals surface area (Å²) in [5, 5.41) is 12.0. The Labute approximate surface area is 178 Å². The average molecular weight is 422 g/mol. The van der Waals surface area contributed by atoms with Crippen molar-refractivity contribution in [3.8, 4) is 0 Å². The largest absolute Gasteiger partial charge is 0.424 e. The summed E-state index contributed by atoms with van der Waals surface area (Å²) in [5.41, 5.74) is -5.90. The van der Waals surface area contributed by atoms with E-state index in [1.807, 2.05) is 0 Å². The van der Waals surface area contributed by atoms with Gasteiger partial charge in [-0.25, -0.2) is 0 Å². The van der Waals surface area contributed by atoms with E-state index in [0.29, 0.717) is 5.56 Å². The molecule has 0 aliphatic carbocycles. The standard InChI is InChI=1S/C26H21F3O2/c1-2-23(24(31-23,26(27,28)29)19-18-20-12-6-3-7-13-20)25(30,21-14-8-4-9-15-21)22-16-10-5-11-17-22/h2-19,30H,1H2/b19-18+/t23-,24+/m0/s1. The molecule has 1 heterocycles. The van der Waals surface area contributed by atoms with Crippen molar-refractivity contribution in [3.63, 3.8) is 0 Å². The fourth-order valence-electron chi connectivity index (χ4n) is 4.16. The highest BCUT2D eigenvalue weighted by Crippen LogP contribution is 2.67. The van der Waals surface area contributed by atoms with Gasteiger partial charge in [0.15, 0.2) is 11.2 Å². The van der Waals surface area contributed by atoms with Gasteiger partial charge in [-0.05, 0) is 22.8 Å².